The number of hydrogen-bond acceptors (Lipinski definition) is 1. The van der Waals surface area contributed by atoms with Gasteiger partial charge < -0.3 is 5.32 Å². The molecule has 15 heavy (non-hydrogen) atoms. The maximum atomic E-state index is 12.8. The predicted molar refractivity (Wildman–Crippen MR) is 65.7 cm³/mol. The second kappa shape index (κ2) is 6.46. The standard InChI is InChI=1S/C11H14BrClFN/c1-8(5-13)6-15-7-9-2-3-10(14)4-11(9)12/h2-4,8,15H,5-7H2,1H3. The maximum absolute atomic E-state index is 12.8. The first-order valence-corrected chi connectivity index (χ1v) is 6.17. The molecule has 0 fully saturated rings. The average Bonchev–Trinajstić information content (AvgIpc) is 2.21. The van der Waals surface area contributed by atoms with Gasteiger partial charge in [-0.05, 0) is 30.2 Å². The molecule has 1 aromatic carbocycles. The van der Waals surface area contributed by atoms with E-state index >= 15 is 0 Å². The smallest absolute Gasteiger partial charge is 0.124 e. The normalized spacial score (nSPS) is 12.8. The molecule has 0 bridgehead atoms. The van der Waals surface area contributed by atoms with Crippen LogP contribution in [0.15, 0.2) is 22.7 Å². The highest BCUT2D eigenvalue weighted by atomic mass is 79.9. The molecule has 0 saturated carbocycles. The molecule has 1 rings (SSSR count). The summed E-state index contributed by atoms with van der Waals surface area (Å²) in [6.07, 6.45) is 0. The summed E-state index contributed by atoms with van der Waals surface area (Å²) in [5.74, 6) is 0.878. The Morgan fingerprint density at radius 2 is 2.27 bits per heavy atom. The van der Waals surface area contributed by atoms with Crippen molar-refractivity contribution in [2.24, 2.45) is 5.92 Å². The fraction of sp³-hybridized carbons (Fsp3) is 0.455. The van der Waals surface area contributed by atoms with Crippen LogP contribution in [0.5, 0.6) is 0 Å². The monoisotopic (exact) mass is 293 g/mol. The third kappa shape index (κ3) is 4.49. The zero-order valence-electron chi connectivity index (χ0n) is 8.56. The van der Waals surface area contributed by atoms with Crippen molar-refractivity contribution in [1.82, 2.24) is 5.32 Å². The van der Waals surface area contributed by atoms with E-state index in [-0.39, 0.29) is 5.82 Å². The Balaban J connectivity index is 2.44. The fourth-order valence-electron chi connectivity index (χ4n) is 1.17. The quantitative estimate of drug-likeness (QED) is 0.819. The molecule has 0 aliphatic heterocycles. The summed E-state index contributed by atoms with van der Waals surface area (Å²) < 4.78 is 13.6. The van der Waals surface area contributed by atoms with Crippen LogP contribution in [-0.4, -0.2) is 12.4 Å². The third-order valence-corrected chi connectivity index (χ3v) is 3.35. The van der Waals surface area contributed by atoms with Crippen LogP contribution in [0.1, 0.15) is 12.5 Å². The number of benzene rings is 1. The van der Waals surface area contributed by atoms with Crippen molar-refractivity contribution in [3.8, 4) is 0 Å². The van der Waals surface area contributed by atoms with Crippen molar-refractivity contribution >= 4 is 27.5 Å². The molecule has 0 radical (unpaired) electrons. The van der Waals surface area contributed by atoms with Gasteiger partial charge in [-0.3, -0.25) is 0 Å². The first-order valence-electron chi connectivity index (χ1n) is 4.84. The van der Waals surface area contributed by atoms with Crippen LogP contribution in [0.4, 0.5) is 4.39 Å². The van der Waals surface area contributed by atoms with Gasteiger partial charge in [-0.15, -0.1) is 11.6 Å². The molecule has 1 aromatic rings. The van der Waals surface area contributed by atoms with Crippen LogP contribution in [0.3, 0.4) is 0 Å². The highest BCUT2D eigenvalue weighted by molar-refractivity contribution is 9.10. The van der Waals surface area contributed by atoms with Crippen LogP contribution in [0.25, 0.3) is 0 Å². The van der Waals surface area contributed by atoms with Crippen LogP contribution in [0.2, 0.25) is 0 Å². The molecule has 0 spiro atoms. The van der Waals surface area contributed by atoms with Gasteiger partial charge in [0.25, 0.3) is 0 Å². The Kier molecular flexibility index (Phi) is 5.58. The van der Waals surface area contributed by atoms with E-state index in [4.69, 9.17) is 11.6 Å². The molecule has 0 saturated heterocycles. The summed E-state index contributed by atoms with van der Waals surface area (Å²) in [5.41, 5.74) is 1.05. The molecule has 0 aliphatic carbocycles. The van der Waals surface area contributed by atoms with Crippen molar-refractivity contribution < 1.29 is 4.39 Å². The molecule has 0 aromatic heterocycles. The minimum absolute atomic E-state index is 0.222. The summed E-state index contributed by atoms with van der Waals surface area (Å²) in [4.78, 5) is 0. The van der Waals surface area contributed by atoms with Crippen molar-refractivity contribution in [1.29, 1.82) is 0 Å². The van der Waals surface area contributed by atoms with Crippen molar-refractivity contribution in [3.05, 3.63) is 34.1 Å². The maximum Gasteiger partial charge on any atom is 0.124 e. The Morgan fingerprint density at radius 3 is 2.87 bits per heavy atom. The van der Waals surface area contributed by atoms with E-state index in [1.165, 1.54) is 12.1 Å². The topological polar surface area (TPSA) is 12.0 Å². The van der Waals surface area contributed by atoms with Gasteiger partial charge in [0.05, 0.1) is 0 Å². The van der Waals surface area contributed by atoms with E-state index in [1.54, 1.807) is 6.07 Å². The molecule has 84 valence electrons. The molecular weight excluding hydrogens is 280 g/mol. The molecule has 1 atom stereocenters. The molecular formula is C11H14BrClFN. The van der Waals surface area contributed by atoms with Gasteiger partial charge in [-0.1, -0.05) is 28.9 Å². The van der Waals surface area contributed by atoms with E-state index < -0.39 is 0 Å². The predicted octanol–water partition coefficient (Wildman–Crippen LogP) is 3.55. The highest BCUT2D eigenvalue weighted by Crippen LogP contribution is 2.17. The first-order chi connectivity index (χ1) is 7.13. The van der Waals surface area contributed by atoms with Gasteiger partial charge in [0.1, 0.15) is 5.82 Å². The van der Waals surface area contributed by atoms with E-state index in [2.05, 4.69) is 28.2 Å². The van der Waals surface area contributed by atoms with Crippen molar-refractivity contribution in [2.75, 3.05) is 12.4 Å². The van der Waals surface area contributed by atoms with Crippen molar-refractivity contribution in [3.63, 3.8) is 0 Å². The number of rotatable bonds is 5. The molecule has 0 aliphatic rings. The third-order valence-electron chi connectivity index (χ3n) is 2.09. The molecule has 1 unspecified atom stereocenters. The summed E-state index contributed by atoms with van der Waals surface area (Å²) in [6.45, 7) is 3.68. The lowest BCUT2D eigenvalue weighted by Gasteiger charge is -2.10. The molecule has 1 N–H and O–H groups in total. The SMILES string of the molecule is CC(CCl)CNCc1ccc(F)cc1Br. The van der Waals surface area contributed by atoms with E-state index in [9.17, 15) is 4.39 Å². The van der Waals surface area contributed by atoms with Gasteiger partial charge in [0, 0.05) is 16.9 Å². The largest absolute Gasteiger partial charge is 0.312 e. The Labute approximate surface area is 103 Å². The molecule has 1 nitrogen and oxygen atoms in total. The van der Waals surface area contributed by atoms with E-state index in [0.29, 0.717) is 11.8 Å². The number of alkyl halides is 1. The summed E-state index contributed by atoms with van der Waals surface area (Å²) in [7, 11) is 0. The number of halogens is 3. The van der Waals surface area contributed by atoms with E-state index in [1.807, 2.05) is 0 Å². The average molecular weight is 295 g/mol. The molecule has 4 heteroatoms. The molecule has 0 amide bonds. The fourth-order valence-corrected chi connectivity index (χ4v) is 1.77. The second-order valence-electron chi connectivity index (χ2n) is 3.63. The Morgan fingerprint density at radius 1 is 1.53 bits per heavy atom. The highest BCUT2D eigenvalue weighted by Gasteiger charge is 2.03. The first kappa shape index (κ1) is 12.9. The van der Waals surface area contributed by atoms with Gasteiger partial charge in [0.2, 0.25) is 0 Å². The Bertz CT molecular complexity index is 319. The van der Waals surface area contributed by atoms with Gasteiger partial charge in [-0.25, -0.2) is 4.39 Å². The summed E-state index contributed by atoms with van der Waals surface area (Å²) in [5, 5.41) is 3.28. The second-order valence-corrected chi connectivity index (χ2v) is 4.79. The minimum atomic E-state index is -0.222. The van der Waals surface area contributed by atoms with Crippen LogP contribution in [0, 0.1) is 11.7 Å². The molecule has 0 heterocycles. The zero-order chi connectivity index (χ0) is 11.3. The Hall–Kier alpha value is -0.120. The van der Waals surface area contributed by atoms with Crippen LogP contribution in [-0.2, 0) is 6.54 Å². The van der Waals surface area contributed by atoms with Crippen LogP contribution < -0.4 is 5.32 Å². The van der Waals surface area contributed by atoms with Crippen LogP contribution >= 0.6 is 27.5 Å². The zero-order valence-corrected chi connectivity index (χ0v) is 10.9. The van der Waals surface area contributed by atoms with E-state index in [0.717, 1.165) is 23.1 Å². The lowest BCUT2D eigenvalue weighted by atomic mass is 10.2. The summed E-state index contributed by atoms with van der Waals surface area (Å²) >= 11 is 9.01. The minimum Gasteiger partial charge on any atom is -0.312 e. The lowest BCUT2D eigenvalue weighted by molar-refractivity contribution is 0.555. The van der Waals surface area contributed by atoms with Gasteiger partial charge >= 0.3 is 0 Å². The number of hydrogen-bond donors (Lipinski definition) is 1. The number of nitrogens with one attached hydrogen (secondary N) is 1. The lowest BCUT2D eigenvalue weighted by Crippen LogP contribution is -2.21. The van der Waals surface area contributed by atoms with Gasteiger partial charge in [0.15, 0.2) is 0 Å². The van der Waals surface area contributed by atoms with Gasteiger partial charge in [-0.2, -0.15) is 0 Å². The summed E-state index contributed by atoms with van der Waals surface area (Å²) in [6, 6.07) is 4.71. The van der Waals surface area contributed by atoms with Crippen molar-refractivity contribution in [2.45, 2.75) is 13.5 Å².